The summed E-state index contributed by atoms with van der Waals surface area (Å²) < 4.78 is 12.0. The molecule has 1 aromatic heterocycles. The van der Waals surface area contributed by atoms with E-state index in [1.165, 1.54) is 23.9 Å². The van der Waals surface area contributed by atoms with Crippen LogP contribution in [-0.4, -0.2) is 28.9 Å². The molecule has 7 nitrogen and oxygen atoms in total. The van der Waals surface area contributed by atoms with Crippen molar-refractivity contribution < 1.29 is 14.3 Å². The monoisotopic (exact) mass is 427 g/mol. The minimum atomic E-state index is -0.857. The second-order valence-electron chi connectivity index (χ2n) is 6.79. The fraction of sp³-hybridized carbons (Fsp3) is 0.227. The summed E-state index contributed by atoms with van der Waals surface area (Å²) in [6, 6.07) is 13.3. The predicted molar refractivity (Wildman–Crippen MR) is 116 cm³/mol. The first-order chi connectivity index (χ1) is 14.3. The molecule has 0 fully saturated rings. The van der Waals surface area contributed by atoms with Crippen LogP contribution in [0.25, 0.3) is 5.69 Å². The molecule has 0 spiro atoms. The minimum Gasteiger partial charge on any atom is -0.495 e. The maximum atomic E-state index is 12.5. The van der Waals surface area contributed by atoms with Gasteiger partial charge < -0.3 is 14.8 Å². The van der Waals surface area contributed by atoms with Crippen molar-refractivity contribution >= 4 is 23.2 Å². The predicted octanol–water partition coefficient (Wildman–Crippen LogP) is 3.92. The summed E-state index contributed by atoms with van der Waals surface area (Å²) in [5, 5.41) is 7.35. The molecule has 1 atom stereocenters. The highest BCUT2D eigenvalue weighted by molar-refractivity contribution is 6.32. The van der Waals surface area contributed by atoms with E-state index >= 15 is 0 Å². The molecule has 0 aliphatic rings. The van der Waals surface area contributed by atoms with E-state index in [4.69, 9.17) is 21.1 Å². The lowest BCUT2D eigenvalue weighted by molar-refractivity contribution is -0.122. The Labute approximate surface area is 179 Å². The summed E-state index contributed by atoms with van der Waals surface area (Å²) in [6.45, 7) is 5.54. The number of carbonyl (C=O) groups excluding carboxylic acids is 1. The van der Waals surface area contributed by atoms with E-state index in [0.29, 0.717) is 22.1 Å². The lowest BCUT2D eigenvalue weighted by Crippen LogP contribution is -2.31. The van der Waals surface area contributed by atoms with Crippen LogP contribution in [0, 0.1) is 13.8 Å². The normalized spacial score (nSPS) is 11.6. The van der Waals surface area contributed by atoms with Gasteiger partial charge >= 0.3 is 0 Å². The van der Waals surface area contributed by atoms with Crippen LogP contribution in [0.3, 0.4) is 0 Å². The summed E-state index contributed by atoms with van der Waals surface area (Å²) in [6.07, 6.45) is -0.857. The van der Waals surface area contributed by atoms with Crippen LogP contribution in [0.4, 0.5) is 5.69 Å². The molecule has 1 amide bonds. The number of carbonyl (C=O) groups is 1. The molecule has 156 valence electrons. The number of nitrogens with one attached hydrogen (secondary N) is 1. The molecule has 0 saturated heterocycles. The van der Waals surface area contributed by atoms with Gasteiger partial charge in [0, 0.05) is 17.8 Å². The molecule has 1 N–H and O–H groups in total. The minimum absolute atomic E-state index is 0.156. The zero-order valence-corrected chi connectivity index (χ0v) is 17.9. The maximum absolute atomic E-state index is 12.5. The van der Waals surface area contributed by atoms with Crippen molar-refractivity contribution in [2.24, 2.45) is 0 Å². The average Bonchev–Trinajstić information content (AvgIpc) is 2.71. The van der Waals surface area contributed by atoms with E-state index in [-0.39, 0.29) is 17.3 Å². The summed E-state index contributed by atoms with van der Waals surface area (Å²) in [5.74, 6) is 0.280. The lowest BCUT2D eigenvalue weighted by atomic mass is 10.1. The molecule has 3 rings (SSSR count). The Morgan fingerprint density at radius 2 is 1.87 bits per heavy atom. The Bertz CT molecular complexity index is 1140. The number of ether oxygens (including phenoxy) is 2. The molecule has 0 radical (unpaired) electrons. The van der Waals surface area contributed by atoms with Crippen molar-refractivity contribution in [1.29, 1.82) is 0 Å². The van der Waals surface area contributed by atoms with Crippen molar-refractivity contribution in [3.63, 3.8) is 0 Å². The number of rotatable bonds is 6. The molecular formula is C22H22ClN3O4. The smallest absolute Gasteiger partial charge is 0.271 e. The van der Waals surface area contributed by atoms with E-state index in [9.17, 15) is 9.59 Å². The number of hydrogen-bond donors (Lipinski definition) is 1. The standard InChI is InChI=1S/C22H22ClN3O4/c1-13-5-7-17(11-14(13)2)26-21(27)10-9-20(25-26)30-15(3)22(28)24-16-6-8-19(29-4)18(23)12-16/h5-12,15H,1-4H3,(H,24,28)/t15-/m0/s1. The second kappa shape index (κ2) is 9.00. The third-order valence-corrected chi connectivity index (χ3v) is 4.89. The van der Waals surface area contributed by atoms with Crippen LogP contribution >= 0.6 is 11.6 Å². The molecule has 0 aliphatic heterocycles. The van der Waals surface area contributed by atoms with Gasteiger partial charge in [0.25, 0.3) is 11.5 Å². The number of nitrogens with zero attached hydrogens (tertiary/aromatic N) is 2. The number of hydrogen-bond acceptors (Lipinski definition) is 5. The van der Waals surface area contributed by atoms with Crippen molar-refractivity contribution in [3.8, 4) is 17.3 Å². The fourth-order valence-corrected chi connectivity index (χ4v) is 2.98. The highest BCUT2D eigenvalue weighted by Gasteiger charge is 2.17. The number of anilines is 1. The van der Waals surface area contributed by atoms with Gasteiger partial charge in [0.15, 0.2) is 6.10 Å². The Hall–Kier alpha value is -3.32. The van der Waals surface area contributed by atoms with Gasteiger partial charge in [-0.2, -0.15) is 4.68 Å². The molecule has 0 saturated carbocycles. The highest BCUT2D eigenvalue weighted by Crippen LogP contribution is 2.27. The third kappa shape index (κ3) is 4.80. The zero-order valence-electron chi connectivity index (χ0n) is 17.1. The van der Waals surface area contributed by atoms with Gasteiger partial charge in [-0.3, -0.25) is 9.59 Å². The van der Waals surface area contributed by atoms with E-state index in [1.807, 2.05) is 32.0 Å². The van der Waals surface area contributed by atoms with Crippen LogP contribution < -0.4 is 20.3 Å². The van der Waals surface area contributed by atoms with Gasteiger partial charge in [0.2, 0.25) is 5.88 Å². The van der Waals surface area contributed by atoms with Crippen LogP contribution in [-0.2, 0) is 4.79 Å². The second-order valence-corrected chi connectivity index (χ2v) is 7.20. The van der Waals surface area contributed by atoms with Crippen LogP contribution in [0.5, 0.6) is 11.6 Å². The first-order valence-corrected chi connectivity index (χ1v) is 9.65. The summed E-state index contributed by atoms with van der Waals surface area (Å²) in [7, 11) is 1.51. The number of aryl methyl sites for hydroxylation is 2. The lowest BCUT2D eigenvalue weighted by Gasteiger charge is -2.15. The fourth-order valence-electron chi connectivity index (χ4n) is 2.72. The van der Waals surface area contributed by atoms with Crippen molar-refractivity contribution in [1.82, 2.24) is 9.78 Å². The van der Waals surface area contributed by atoms with Gasteiger partial charge in [-0.1, -0.05) is 17.7 Å². The number of methoxy groups -OCH3 is 1. The molecule has 2 aromatic carbocycles. The summed E-state index contributed by atoms with van der Waals surface area (Å²) in [4.78, 5) is 24.7. The van der Waals surface area contributed by atoms with Crippen molar-refractivity contribution in [2.45, 2.75) is 26.9 Å². The van der Waals surface area contributed by atoms with Crippen molar-refractivity contribution in [2.75, 3.05) is 12.4 Å². The molecule has 30 heavy (non-hydrogen) atoms. The summed E-state index contributed by atoms with van der Waals surface area (Å²) >= 11 is 6.08. The number of benzene rings is 2. The van der Waals surface area contributed by atoms with Crippen LogP contribution in [0.15, 0.2) is 53.3 Å². The summed E-state index contributed by atoms with van der Waals surface area (Å²) in [5.41, 5.74) is 2.99. The largest absolute Gasteiger partial charge is 0.495 e. The average molecular weight is 428 g/mol. The first kappa shape index (κ1) is 21.4. The molecule has 8 heteroatoms. The SMILES string of the molecule is COc1ccc(NC(=O)[C@H](C)Oc2ccc(=O)n(-c3ccc(C)c(C)c3)n2)cc1Cl. The number of aromatic nitrogens is 2. The van der Waals surface area contributed by atoms with Crippen LogP contribution in [0.2, 0.25) is 5.02 Å². The van der Waals surface area contributed by atoms with E-state index in [1.54, 1.807) is 25.1 Å². The topological polar surface area (TPSA) is 82.5 Å². The Morgan fingerprint density at radius 3 is 2.53 bits per heavy atom. The molecule has 0 aliphatic carbocycles. The molecule has 0 bridgehead atoms. The van der Waals surface area contributed by atoms with Gasteiger partial charge in [-0.25, -0.2) is 0 Å². The van der Waals surface area contributed by atoms with Crippen molar-refractivity contribution in [3.05, 3.63) is 75.0 Å². The Morgan fingerprint density at radius 1 is 1.10 bits per heavy atom. The molecule has 1 heterocycles. The van der Waals surface area contributed by atoms with Crippen LogP contribution in [0.1, 0.15) is 18.1 Å². The molecule has 3 aromatic rings. The molecular weight excluding hydrogens is 406 g/mol. The van der Waals surface area contributed by atoms with Gasteiger partial charge in [-0.05, 0) is 62.2 Å². The quantitative estimate of drug-likeness (QED) is 0.644. The number of amides is 1. The Balaban J connectivity index is 1.75. The first-order valence-electron chi connectivity index (χ1n) is 9.27. The van der Waals surface area contributed by atoms with Gasteiger partial charge in [0.1, 0.15) is 5.75 Å². The van der Waals surface area contributed by atoms with E-state index < -0.39 is 6.10 Å². The molecule has 0 unspecified atom stereocenters. The maximum Gasteiger partial charge on any atom is 0.271 e. The van der Waals surface area contributed by atoms with E-state index in [0.717, 1.165) is 11.1 Å². The number of halogens is 1. The Kier molecular flexibility index (Phi) is 6.42. The zero-order chi connectivity index (χ0) is 21.8. The van der Waals surface area contributed by atoms with Gasteiger partial charge in [0.05, 0.1) is 17.8 Å². The third-order valence-electron chi connectivity index (χ3n) is 4.60. The van der Waals surface area contributed by atoms with Gasteiger partial charge in [-0.15, -0.1) is 5.10 Å². The van der Waals surface area contributed by atoms with E-state index in [2.05, 4.69) is 10.4 Å². The highest BCUT2D eigenvalue weighted by atomic mass is 35.5.